The molecule has 1 amide bonds. The van der Waals surface area contributed by atoms with Crippen LogP contribution >= 0.6 is 0 Å². The third-order valence-corrected chi connectivity index (χ3v) is 3.52. The fourth-order valence-electron chi connectivity index (χ4n) is 2.40. The maximum atomic E-state index is 12.9. The van der Waals surface area contributed by atoms with Crippen molar-refractivity contribution in [2.45, 2.75) is 25.1 Å². The van der Waals surface area contributed by atoms with E-state index in [0.717, 1.165) is 12.4 Å². The highest BCUT2D eigenvalue weighted by Gasteiger charge is 2.34. The number of anilines is 1. The van der Waals surface area contributed by atoms with Crippen molar-refractivity contribution < 1.29 is 18.0 Å². The van der Waals surface area contributed by atoms with Gasteiger partial charge in [-0.25, -0.2) is 4.98 Å². The smallest absolute Gasteiger partial charge is 0.365 e. The number of aromatic nitrogens is 4. The molecule has 22 heavy (non-hydrogen) atoms. The fourth-order valence-corrected chi connectivity index (χ4v) is 2.40. The lowest BCUT2D eigenvalue weighted by molar-refractivity contribution is -0.141. The number of rotatable bonds is 2. The van der Waals surface area contributed by atoms with E-state index >= 15 is 0 Å². The van der Waals surface area contributed by atoms with Gasteiger partial charge in [0.15, 0.2) is 5.69 Å². The molecular formula is C12H13F3N6O. The zero-order chi connectivity index (χ0) is 15.9. The number of likely N-dealkylation sites (tertiary alicyclic amines) is 1. The van der Waals surface area contributed by atoms with E-state index in [1.165, 1.54) is 4.52 Å². The molecule has 2 aromatic rings. The van der Waals surface area contributed by atoms with Gasteiger partial charge in [0.05, 0.1) is 0 Å². The van der Waals surface area contributed by atoms with Crippen molar-refractivity contribution in [3.05, 3.63) is 18.1 Å². The van der Waals surface area contributed by atoms with Crippen molar-refractivity contribution in [2.75, 3.05) is 18.9 Å². The van der Waals surface area contributed by atoms with Crippen molar-refractivity contribution in [1.82, 2.24) is 24.5 Å². The second kappa shape index (κ2) is 5.11. The Morgan fingerprint density at radius 2 is 2.18 bits per heavy atom. The monoisotopic (exact) mass is 314 g/mol. The number of carbonyl (C=O) groups is 1. The van der Waals surface area contributed by atoms with Crippen molar-refractivity contribution in [2.24, 2.45) is 0 Å². The number of nitrogens with zero attached hydrogens (tertiary/aromatic N) is 5. The van der Waals surface area contributed by atoms with E-state index in [4.69, 9.17) is 0 Å². The fraction of sp³-hybridized carbons (Fsp3) is 0.500. The molecule has 0 radical (unpaired) electrons. The number of piperidine rings is 1. The lowest BCUT2D eigenvalue weighted by Gasteiger charge is -2.30. The molecule has 3 rings (SSSR count). The molecule has 1 aliphatic rings. The van der Waals surface area contributed by atoms with Gasteiger partial charge in [-0.15, -0.1) is 0 Å². The standard InChI is InChI=1S/C12H13F3N6O/c1-20-5-7(2-3-10(20)22)18-9-4-8(12(13,14)15)19-11-16-6-17-21(9)11/h4,6-7,18H,2-3,5H2,1H3. The van der Waals surface area contributed by atoms with Crippen LogP contribution in [0, 0.1) is 0 Å². The van der Waals surface area contributed by atoms with Crippen LogP contribution in [0.15, 0.2) is 12.4 Å². The van der Waals surface area contributed by atoms with Crippen molar-refractivity contribution >= 4 is 17.5 Å². The number of hydrogen-bond donors (Lipinski definition) is 1. The molecule has 1 aliphatic heterocycles. The Labute approximate surface area is 123 Å². The van der Waals surface area contributed by atoms with Crippen LogP contribution in [0.1, 0.15) is 18.5 Å². The summed E-state index contributed by atoms with van der Waals surface area (Å²) in [5, 5.41) is 6.87. The van der Waals surface area contributed by atoms with E-state index in [-0.39, 0.29) is 23.5 Å². The number of fused-ring (bicyclic) bond motifs is 1. The van der Waals surface area contributed by atoms with Gasteiger partial charge in [0.1, 0.15) is 12.1 Å². The van der Waals surface area contributed by atoms with E-state index < -0.39 is 11.9 Å². The number of amides is 1. The summed E-state index contributed by atoms with van der Waals surface area (Å²) in [6.07, 6.45) is -2.53. The second-order valence-electron chi connectivity index (χ2n) is 5.15. The van der Waals surface area contributed by atoms with Gasteiger partial charge < -0.3 is 10.2 Å². The minimum Gasteiger partial charge on any atom is -0.365 e. The molecule has 10 heteroatoms. The van der Waals surface area contributed by atoms with Crippen LogP contribution in [0.2, 0.25) is 0 Å². The van der Waals surface area contributed by atoms with Crippen LogP contribution in [0.4, 0.5) is 19.0 Å². The molecule has 118 valence electrons. The van der Waals surface area contributed by atoms with Crippen molar-refractivity contribution in [3.8, 4) is 0 Å². The summed E-state index contributed by atoms with van der Waals surface area (Å²) in [6.45, 7) is 0.415. The molecule has 1 fully saturated rings. The van der Waals surface area contributed by atoms with Crippen LogP contribution < -0.4 is 5.32 Å². The van der Waals surface area contributed by atoms with Crippen LogP contribution in [-0.4, -0.2) is 50.0 Å². The predicted octanol–water partition coefficient (Wildman–Crippen LogP) is 1.18. The second-order valence-corrected chi connectivity index (χ2v) is 5.15. The van der Waals surface area contributed by atoms with Gasteiger partial charge >= 0.3 is 6.18 Å². The molecule has 0 bridgehead atoms. The first-order chi connectivity index (χ1) is 10.3. The molecule has 3 heterocycles. The normalized spacial score (nSPS) is 19.7. The minimum absolute atomic E-state index is 0.0228. The Kier molecular flexibility index (Phi) is 3.38. The van der Waals surface area contributed by atoms with Gasteiger partial charge in [-0.2, -0.15) is 27.8 Å². The molecule has 7 nitrogen and oxygen atoms in total. The SMILES string of the molecule is CN1CC(Nc2cc(C(F)(F)F)nc3ncnn23)CCC1=O. The third kappa shape index (κ3) is 2.68. The van der Waals surface area contributed by atoms with Crippen LogP contribution in [0.5, 0.6) is 0 Å². The number of halogens is 3. The first-order valence-corrected chi connectivity index (χ1v) is 6.63. The molecule has 0 spiro atoms. The van der Waals surface area contributed by atoms with E-state index in [0.29, 0.717) is 19.4 Å². The molecule has 1 saturated heterocycles. The molecule has 1 unspecified atom stereocenters. The molecule has 1 atom stereocenters. The summed E-state index contributed by atoms with van der Waals surface area (Å²) < 4.78 is 39.9. The van der Waals surface area contributed by atoms with E-state index in [2.05, 4.69) is 20.4 Å². The molecule has 2 aromatic heterocycles. The van der Waals surface area contributed by atoms with Crippen molar-refractivity contribution in [3.63, 3.8) is 0 Å². The summed E-state index contributed by atoms with van der Waals surface area (Å²) in [5.41, 5.74) is -1.03. The van der Waals surface area contributed by atoms with Gasteiger partial charge in [-0.05, 0) is 6.42 Å². The Morgan fingerprint density at radius 3 is 2.86 bits per heavy atom. The number of hydrogen-bond acceptors (Lipinski definition) is 5. The minimum atomic E-state index is -4.57. The summed E-state index contributed by atoms with van der Waals surface area (Å²) in [5.74, 6) is 0.0507. The lowest BCUT2D eigenvalue weighted by atomic mass is 10.1. The average Bonchev–Trinajstić information content (AvgIpc) is 2.90. The predicted molar refractivity (Wildman–Crippen MR) is 70.1 cm³/mol. The number of likely N-dealkylation sites (N-methyl/N-ethyl adjacent to an activating group) is 1. The van der Waals surface area contributed by atoms with Gasteiger partial charge in [0.2, 0.25) is 5.91 Å². The Hall–Kier alpha value is -2.39. The van der Waals surface area contributed by atoms with Gasteiger partial charge in [0.25, 0.3) is 5.78 Å². The molecule has 0 aliphatic carbocycles. The van der Waals surface area contributed by atoms with Gasteiger partial charge in [-0.3, -0.25) is 4.79 Å². The largest absolute Gasteiger partial charge is 0.433 e. The maximum absolute atomic E-state index is 12.9. The molecular weight excluding hydrogens is 301 g/mol. The molecule has 0 saturated carbocycles. The topological polar surface area (TPSA) is 75.4 Å². The van der Waals surface area contributed by atoms with Gasteiger partial charge in [-0.1, -0.05) is 0 Å². The summed E-state index contributed by atoms with van der Waals surface area (Å²) >= 11 is 0. The Balaban J connectivity index is 1.92. The van der Waals surface area contributed by atoms with Crippen LogP contribution in [-0.2, 0) is 11.0 Å². The first-order valence-electron chi connectivity index (χ1n) is 6.63. The summed E-state index contributed by atoms with van der Waals surface area (Å²) in [7, 11) is 1.66. The van der Waals surface area contributed by atoms with Crippen LogP contribution in [0.25, 0.3) is 5.78 Å². The number of nitrogens with one attached hydrogen (secondary N) is 1. The summed E-state index contributed by atoms with van der Waals surface area (Å²) in [6, 6.07) is 0.747. The van der Waals surface area contributed by atoms with Crippen molar-refractivity contribution in [1.29, 1.82) is 0 Å². The van der Waals surface area contributed by atoms with Crippen LogP contribution in [0.3, 0.4) is 0 Å². The maximum Gasteiger partial charge on any atom is 0.433 e. The molecule has 1 N–H and O–H groups in total. The van der Waals surface area contributed by atoms with E-state index in [1.807, 2.05) is 0 Å². The molecule has 0 aromatic carbocycles. The zero-order valence-corrected chi connectivity index (χ0v) is 11.6. The lowest BCUT2D eigenvalue weighted by Crippen LogP contribution is -2.43. The van der Waals surface area contributed by atoms with E-state index in [9.17, 15) is 18.0 Å². The Morgan fingerprint density at radius 1 is 1.41 bits per heavy atom. The first kappa shape index (κ1) is 14.5. The highest BCUT2D eigenvalue weighted by Crippen LogP contribution is 2.30. The third-order valence-electron chi connectivity index (χ3n) is 3.52. The number of carbonyl (C=O) groups excluding carboxylic acids is 1. The average molecular weight is 314 g/mol. The van der Waals surface area contributed by atoms with Gasteiger partial charge in [0, 0.05) is 32.1 Å². The Bertz CT molecular complexity index is 712. The summed E-state index contributed by atoms with van der Waals surface area (Å²) in [4.78, 5) is 20.2. The number of alkyl halides is 3. The highest BCUT2D eigenvalue weighted by atomic mass is 19.4. The quantitative estimate of drug-likeness (QED) is 0.901. The zero-order valence-electron chi connectivity index (χ0n) is 11.6. The highest BCUT2D eigenvalue weighted by molar-refractivity contribution is 5.77. The van der Waals surface area contributed by atoms with E-state index in [1.54, 1.807) is 11.9 Å².